The van der Waals surface area contributed by atoms with Crippen LogP contribution in [0, 0.1) is 10.7 Å². The summed E-state index contributed by atoms with van der Waals surface area (Å²) in [6.45, 7) is 0. The van der Waals surface area contributed by atoms with Gasteiger partial charge in [0.1, 0.15) is 11.5 Å². The molecule has 0 aliphatic rings. The van der Waals surface area contributed by atoms with E-state index in [9.17, 15) is 0 Å². The number of aromatic hydroxyl groups is 2. The molecule has 0 radical (unpaired) electrons. The van der Waals surface area contributed by atoms with E-state index in [1.807, 2.05) is 0 Å². The van der Waals surface area contributed by atoms with Gasteiger partial charge in [-0.3, -0.25) is 0 Å². The molecule has 1 aromatic rings. The maximum atomic E-state index is 8.65. The fourth-order valence-electron chi connectivity index (χ4n) is 0.453. The average molecular weight is 207 g/mol. The summed E-state index contributed by atoms with van der Waals surface area (Å²) in [5.41, 5.74) is 0. The summed E-state index contributed by atoms with van der Waals surface area (Å²) in [5.74, 6) is 0.339. The summed E-state index contributed by atoms with van der Waals surface area (Å²) in [7, 11) is 0. The number of phenolic OH excluding ortho intramolecular Hbond substituents is 2. The maximum Gasteiger partial charge on any atom is 1.00 e. The molecular weight excluding hydrogens is 201 g/mol. The second kappa shape index (κ2) is 9.26. The van der Waals surface area contributed by atoms with Crippen molar-refractivity contribution in [2.75, 3.05) is 0 Å². The van der Waals surface area contributed by atoms with Crippen molar-refractivity contribution in [3.05, 3.63) is 24.3 Å². The van der Waals surface area contributed by atoms with Gasteiger partial charge in [0.05, 0.1) is 0 Å². The van der Waals surface area contributed by atoms with Crippen LogP contribution in [0.5, 0.6) is 11.5 Å². The van der Waals surface area contributed by atoms with Gasteiger partial charge >= 0.3 is 51.4 Å². The van der Waals surface area contributed by atoms with Gasteiger partial charge in [0, 0.05) is 0 Å². The fourth-order valence-corrected chi connectivity index (χ4v) is 0.453. The molecule has 0 aromatic heterocycles. The minimum Gasteiger partial charge on any atom is -0.696 e. The molecule has 1 rings (SSSR count). The topological polar surface area (TPSA) is 64.2 Å². The molecule has 0 atom stereocenters. The van der Waals surface area contributed by atoms with E-state index in [1.165, 1.54) is 29.7 Å². The van der Waals surface area contributed by atoms with E-state index in [4.69, 9.17) is 15.5 Å². The van der Waals surface area contributed by atoms with Crippen molar-refractivity contribution in [3.63, 3.8) is 0 Å². The third-order valence-corrected chi connectivity index (χ3v) is 0.850. The Morgan fingerprint density at radius 3 is 1.42 bits per heavy atom. The number of hydrogen-bond donors (Lipinski definition) is 2. The van der Waals surface area contributed by atoms with Gasteiger partial charge in [-0.25, -0.2) is 5.26 Å². The molecular formula is C7H6KNO2S. The monoisotopic (exact) mass is 207 g/mol. The summed E-state index contributed by atoms with van der Waals surface area (Å²) in [6.07, 6.45) is 0. The molecule has 0 spiro atoms. The van der Waals surface area contributed by atoms with Crippen LogP contribution in [0.15, 0.2) is 24.3 Å². The number of nitriles is 1. The van der Waals surface area contributed by atoms with Gasteiger partial charge in [-0.1, -0.05) is 5.40 Å². The Morgan fingerprint density at radius 2 is 1.25 bits per heavy atom. The average Bonchev–Trinajstić information content (AvgIpc) is 1.97. The molecule has 0 unspecified atom stereocenters. The third-order valence-electron chi connectivity index (χ3n) is 0.850. The zero-order chi connectivity index (χ0) is 8.69. The van der Waals surface area contributed by atoms with Crippen LogP contribution >= 0.6 is 0 Å². The van der Waals surface area contributed by atoms with Crippen molar-refractivity contribution < 1.29 is 61.6 Å². The molecule has 0 saturated carbocycles. The van der Waals surface area contributed by atoms with E-state index < -0.39 is 0 Å². The van der Waals surface area contributed by atoms with E-state index in [2.05, 4.69) is 12.6 Å². The Bertz CT molecular complexity index is 224. The van der Waals surface area contributed by atoms with Crippen molar-refractivity contribution in [3.8, 4) is 16.9 Å². The van der Waals surface area contributed by atoms with Gasteiger partial charge < -0.3 is 22.8 Å². The largest absolute Gasteiger partial charge is 1.00 e. The number of benzene rings is 1. The first-order valence-electron chi connectivity index (χ1n) is 2.70. The predicted octanol–water partition coefficient (Wildman–Crippen LogP) is -1.88. The second-order valence-electron chi connectivity index (χ2n) is 1.61. The van der Waals surface area contributed by atoms with Crippen LogP contribution in [0.1, 0.15) is 0 Å². The van der Waals surface area contributed by atoms with Crippen LogP contribution in [0.25, 0.3) is 0 Å². The normalized spacial score (nSPS) is 6.58. The molecule has 3 nitrogen and oxygen atoms in total. The number of hydrogen-bond acceptors (Lipinski definition) is 4. The Labute approximate surface area is 119 Å². The van der Waals surface area contributed by atoms with Crippen molar-refractivity contribution in [1.82, 2.24) is 0 Å². The number of rotatable bonds is 0. The zero-order valence-electron chi connectivity index (χ0n) is 6.56. The minimum absolute atomic E-state index is 0. The molecule has 5 heteroatoms. The van der Waals surface area contributed by atoms with Crippen LogP contribution in [0.2, 0.25) is 0 Å². The number of phenols is 2. The SMILES string of the molecule is N#C[S-].Oc1ccc(O)cc1.[K+]. The summed E-state index contributed by atoms with van der Waals surface area (Å²) in [4.78, 5) is 0. The Hall–Kier alpha value is 0.166. The third kappa shape index (κ3) is 8.26. The molecule has 1 aromatic carbocycles. The van der Waals surface area contributed by atoms with E-state index in [0.29, 0.717) is 0 Å². The van der Waals surface area contributed by atoms with Gasteiger partial charge in [-0.05, 0) is 24.3 Å². The molecule has 0 bridgehead atoms. The maximum absolute atomic E-state index is 8.65. The van der Waals surface area contributed by atoms with E-state index in [1.54, 1.807) is 0 Å². The smallest absolute Gasteiger partial charge is 0.696 e. The zero-order valence-corrected chi connectivity index (χ0v) is 10.5. The first-order valence-corrected chi connectivity index (χ1v) is 3.10. The Kier molecular flexibility index (Phi) is 11.3. The fraction of sp³-hybridized carbons (Fsp3) is 0. The molecule has 2 N–H and O–H groups in total. The van der Waals surface area contributed by atoms with Crippen LogP contribution in [0.3, 0.4) is 0 Å². The van der Waals surface area contributed by atoms with Crippen molar-refractivity contribution in [1.29, 1.82) is 5.26 Å². The van der Waals surface area contributed by atoms with Gasteiger partial charge in [0.25, 0.3) is 0 Å². The van der Waals surface area contributed by atoms with Crippen LogP contribution in [-0.4, -0.2) is 10.2 Å². The standard InChI is InChI=1S/C6H6O2.CHNS.K/c7-5-1-2-6(8)4-3-5;2-1-3;/h1-4,7-8H;3H;/q;;+1/p-1. The predicted molar refractivity (Wildman–Crippen MR) is 42.7 cm³/mol. The van der Waals surface area contributed by atoms with Crippen LogP contribution < -0.4 is 51.4 Å². The molecule has 0 aliphatic carbocycles. The van der Waals surface area contributed by atoms with E-state index in [0.717, 1.165) is 0 Å². The Morgan fingerprint density at radius 1 is 1.08 bits per heavy atom. The molecule has 12 heavy (non-hydrogen) atoms. The van der Waals surface area contributed by atoms with Crippen LogP contribution in [0.4, 0.5) is 0 Å². The molecule has 0 amide bonds. The minimum atomic E-state index is 0. The van der Waals surface area contributed by atoms with Crippen molar-refractivity contribution >= 4 is 12.6 Å². The van der Waals surface area contributed by atoms with Gasteiger partial charge in [0.15, 0.2) is 0 Å². The molecule has 0 fully saturated rings. The Balaban J connectivity index is 0. The molecule has 0 aliphatic heterocycles. The van der Waals surface area contributed by atoms with Gasteiger partial charge in [-0.2, -0.15) is 0 Å². The number of thiocyanates is 1. The van der Waals surface area contributed by atoms with E-state index in [-0.39, 0.29) is 62.9 Å². The van der Waals surface area contributed by atoms with Gasteiger partial charge in [0.2, 0.25) is 0 Å². The number of nitrogens with zero attached hydrogens (tertiary/aromatic N) is 1. The van der Waals surface area contributed by atoms with Crippen molar-refractivity contribution in [2.45, 2.75) is 0 Å². The first kappa shape index (κ1) is 14.7. The van der Waals surface area contributed by atoms with Crippen molar-refractivity contribution in [2.24, 2.45) is 0 Å². The summed E-state index contributed by atoms with van der Waals surface area (Å²) in [6, 6.07) is 5.70. The van der Waals surface area contributed by atoms with Gasteiger partial charge in [-0.15, -0.1) is 0 Å². The second-order valence-corrected chi connectivity index (χ2v) is 1.79. The molecule has 0 saturated heterocycles. The summed E-state index contributed by atoms with van der Waals surface area (Å²) >= 11 is 3.70. The first-order chi connectivity index (χ1) is 5.20. The summed E-state index contributed by atoms with van der Waals surface area (Å²) < 4.78 is 0. The molecule has 58 valence electrons. The summed E-state index contributed by atoms with van der Waals surface area (Å²) in [5, 5.41) is 25.8. The van der Waals surface area contributed by atoms with Crippen LogP contribution in [-0.2, 0) is 12.6 Å². The van der Waals surface area contributed by atoms with E-state index >= 15 is 0 Å². The quantitative estimate of drug-likeness (QED) is 0.226. The molecule has 0 heterocycles.